The lowest BCUT2D eigenvalue weighted by Crippen LogP contribution is -2.62. The monoisotopic (exact) mass is 482 g/mol. The van der Waals surface area contributed by atoms with Crippen LogP contribution in [0.1, 0.15) is 62.6 Å². The second-order valence-electron chi connectivity index (χ2n) is 9.14. The number of ether oxygens (including phenoxy) is 1. The summed E-state index contributed by atoms with van der Waals surface area (Å²) < 4.78 is 32.2. The van der Waals surface area contributed by atoms with Gasteiger partial charge in [-0.1, -0.05) is 19.4 Å². The smallest absolute Gasteiger partial charge is 0.266 e. The van der Waals surface area contributed by atoms with E-state index in [2.05, 4.69) is 28.9 Å². The fourth-order valence-corrected chi connectivity index (χ4v) is 7.07. The highest BCUT2D eigenvalue weighted by molar-refractivity contribution is 7.91. The van der Waals surface area contributed by atoms with Crippen molar-refractivity contribution < 1.29 is 23.2 Å². The number of sulfonamides is 1. The maximum Gasteiger partial charge on any atom is 0.266 e. The van der Waals surface area contributed by atoms with E-state index in [-0.39, 0.29) is 18.8 Å². The summed E-state index contributed by atoms with van der Waals surface area (Å²) in [5, 5.41) is 9.36. The van der Waals surface area contributed by atoms with Crippen molar-refractivity contribution in [3.8, 4) is 0 Å². The Balaban J connectivity index is 1.66. The minimum Gasteiger partial charge on any atom is -0.383 e. The number of aromatic nitrogens is 1. The Morgan fingerprint density at radius 3 is 2.48 bits per heavy atom. The number of hydrogen-bond donors (Lipinski definition) is 2. The molecule has 1 aromatic rings. The number of nitrogens with zero attached hydrogens (tertiary/aromatic N) is 3. The average Bonchev–Trinajstić information content (AvgIpc) is 2.86. The molecule has 186 valence electrons. The van der Waals surface area contributed by atoms with Gasteiger partial charge < -0.3 is 9.64 Å². The summed E-state index contributed by atoms with van der Waals surface area (Å²) in [6.45, 7) is 5.01. The molecule has 0 bridgehead atoms. The first-order chi connectivity index (χ1) is 15.9. The number of hydrogen-bond acceptors (Lipinski definition) is 7. The van der Waals surface area contributed by atoms with Crippen molar-refractivity contribution in [1.29, 1.82) is 0 Å². The van der Waals surface area contributed by atoms with Crippen LogP contribution in [0.25, 0.3) is 0 Å². The molecule has 1 amide bonds. The quantitative estimate of drug-likeness (QED) is 0.387. The van der Waals surface area contributed by atoms with Crippen LogP contribution in [0.2, 0.25) is 0 Å². The van der Waals surface area contributed by atoms with Gasteiger partial charge in [-0.3, -0.25) is 15.0 Å². The molecule has 10 heteroatoms. The third kappa shape index (κ3) is 5.74. The molecule has 2 N–H and O–H groups in total. The first kappa shape index (κ1) is 26.0. The summed E-state index contributed by atoms with van der Waals surface area (Å²) in [6.07, 6.45) is 6.87. The Bertz CT molecular complexity index is 861. The van der Waals surface area contributed by atoms with Crippen molar-refractivity contribution in [2.24, 2.45) is 0 Å². The molecule has 2 aliphatic heterocycles. The van der Waals surface area contributed by atoms with E-state index in [0.29, 0.717) is 52.2 Å². The Labute approximate surface area is 197 Å². The van der Waals surface area contributed by atoms with Crippen LogP contribution >= 0.6 is 0 Å². The summed E-state index contributed by atoms with van der Waals surface area (Å²) in [7, 11) is -2.32. The van der Waals surface area contributed by atoms with Crippen LogP contribution in [-0.2, 0) is 26.0 Å². The molecule has 0 atom stereocenters. The Kier molecular flexibility index (Phi) is 9.23. The summed E-state index contributed by atoms with van der Waals surface area (Å²) in [6, 6.07) is 4.19. The molecule has 9 nitrogen and oxygen atoms in total. The molecule has 0 saturated carbocycles. The summed E-state index contributed by atoms with van der Waals surface area (Å²) in [5.74, 6) is -0.629. The van der Waals surface area contributed by atoms with Gasteiger partial charge in [0.25, 0.3) is 5.91 Å². The van der Waals surface area contributed by atoms with Gasteiger partial charge in [0.15, 0.2) is 4.75 Å². The Morgan fingerprint density at radius 1 is 1.24 bits per heavy atom. The van der Waals surface area contributed by atoms with Gasteiger partial charge in [-0.2, -0.15) is 0 Å². The third-order valence-corrected chi connectivity index (χ3v) is 9.79. The summed E-state index contributed by atoms with van der Waals surface area (Å²) in [4.78, 5) is 19.4. The summed E-state index contributed by atoms with van der Waals surface area (Å²) in [5.41, 5.74) is 3.87. The van der Waals surface area contributed by atoms with Gasteiger partial charge in [0.1, 0.15) is 0 Å². The maximum atomic E-state index is 13.7. The predicted octanol–water partition coefficient (Wildman–Crippen LogP) is 1.92. The first-order valence-corrected chi connectivity index (χ1v) is 13.4. The lowest BCUT2D eigenvalue weighted by atomic mass is 9.93. The van der Waals surface area contributed by atoms with Gasteiger partial charge in [-0.15, -0.1) is 0 Å². The topological polar surface area (TPSA) is 112 Å². The van der Waals surface area contributed by atoms with E-state index in [9.17, 15) is 18.4 Å². The zero-order chi connectivity index (χ0) is 23.9. The van der Waals surface area contributed by atoms with Crippen molar-refractivity contribution >= 4 is 15.9 Å². The van der Waals surface area contributed by atoms with Gasteiger partial charge in [0, 0.05) is 57.6 Å². The Morgan fingerprint density at radius 2 is 1.94 bits per heavy atom. The number of methoxy groups -OCH3 is 1. The number of hydroxylamine groups is 1. The number of carbonyl (C=O) groups is 1. The molecule has 0 radical (unpaired) electrons. The van der Waals surface area contributed by atoms with Crippen LogP contribution < -0.4 is 5.48 Å². The summed E-state index contributed by atoms with van der Waals surface area (Å²) >= 11 is 0. The van der Waals surface area contributed by atoms with Crippen LogP contribution in [-0.4, -0.2) is 84.9 Å². The number of rotatable bonds is 10. The lowest BCUT2D eigenvalue weighted by molar-refractivity contribution is -0.133. The van der Waals surface area contributed by atoms with Crippen LogP contribution in [0.4, 0.5) is 0 Å². The molecule has 3 rings (SSSR count). The van der Waals surface area contributed by atoms with Crippen LogP contribution in [0.5, 0.6) is 0 Å². The standard InChI is InChI=1S/C23H38N4O5S/c1-3-4-5-19-6-7-21(24-18-19)20-8-12-27(13-9-20)33(30,31)23(22(28)25-29)10-14-26(15-11-23)16-17-32-2/h6-7,18,20,29H,3-5,8-17H2,1-2H3,(H,25,28). The molecule has 0 unspecified atom stereocenters. The molecular formula is C23H38N4O5S. The number of likely N-dealkylation sites (tertiary alicyclic amines) is 1. The largest absolute Gasteiger partial charge is 0.383 e. The van der Waals surface area contributed by atoms with Crippen LogP contribution in [0, 0.1) is 0 Å². The highest BCUT2D eigenvalue weighted by Gasteiger charge is 2.55. The minimum atomic E-state index is -3.94. The van der Waals surface area contributed by atoms with E-state index < -0.39 is 20.7 Å². The molecule has 33 heavy (non-hydrogen) atoms. The van der Waals surface area contributed by atoms with Gasteiger partial charge >= 0.3 is 0 Å². The molecule has 0 aliphatic carbocycles. The number of aryl methyl sites for hydroxylation is 1. The van der Waals surface area contributed by atoms with Crippen molar-refractivity contribution in [2.75, 3.05) is 46.4 Å². The normalized spacial score (nSPS) is 20.6. The van der Waals surface area contributed by atoms with Crippen molar-refractivity contribution in [2.45, 2.75) is 62.5 Å². The molecule has 2 saturated heterocycles. The number of pyridine rings is 1. The van der Waals surface area contributed by atoms with E-state index in [4.69, 9.17) is 4.74 Å². The minimum absolute atomic E-state index is 0.145. The SMILES string of the molecule is CCCCc1ccc(C2CCN(S(=O)(=O)C3(C(=O)NO)CCN(CCOC)CC3)CC2)nc1. The van der Waals surface area contributed by atoms with E-state index in [1.807, 2.05) is 6.20 Å². The fourth-order valence-electron chi connectivity index (χ4n) is 4.91. The van der Waals surface area contributed by atoms with Gasteiger partial charge in [0.2, 0.25) is 10.0 Å². The third-order valence-electron chi connectivity index (χ3n) is 7.16. The molecule has 0 aromatic carbocycles. The van der Waals surface area contributed by atoms with E-state index in [0.717, 1.165) is 25.0 Å². The van der Waals surface area contributed by atoms with E-state index >= 15 is 0 Å². The van der Waals surface area contributed by atoms with Crippen molar-refractivity contribution in [3.63, 3.8) is 0 Å². The van der Waals surface area contributed by atoms with Gasteiger partial charge in [-0.05, 0) is 50.2 Å². The van der Waals surface area contributed by atoms with Crippen molar-refractivity contribution in [1.82, 2.24) is 19.7 Å². The molecule has 2 fully saturated rings. The zero-order valence-electron chi connectivity index (χ0n) is 19.8. The molecule has 3 heterocycles. The highest BCUT2D eigenvalue weighted by Crippen LogP contribution is 2.37. The second kappa shape index (κ2) is 11.7. The van der Waals surface area contributed by atoms with Gasteiger partial charge in [-0.25, -0.2) is 18.2 Å². The fraction of sp³-hybridized carbons (Fsp3) is 0.739. The van der Waals surface area contributed by atoms with Crippen LogP contribution in [0.3, 0.4) is 0 Å². The van der Waals surface area contributed by atoms with E-state index in [1.54, 1.807) is 12.6 Å². The number of amides is 1. The first-order valence-electron chi connectivity index (χ1n) is 12.0. The molecule has 0 spiro atoms. The zero-order valence-corrected chi connectivity index (χ0v) is 20.6. The molecule has 1 aromatic heterocycles. The average molecular weight is 483 g/mol. The second-order valence-corrected chi connectivity index (χ2v) is 11.4. The molecular weight excluding hydrogens is 444 g/mol. The number of carbonyl (C=O) groups excluding carboxylic acids is 1. The number of unbranched alkanes of at least 4 members (excludes halogenated alkanes) is 1. The Hall–Kier alpha value is -1.59. The number of nitrogens with one attached hydrogen (secondary N) is 1. The maximum absolute atomic E-state index is 13.7. The highest BCUT2D eigenvalue weighted by atomic mass is 32.2. The van der Waals surface area contributed by atoms with Crippen molar-refractivity contribution in [3.05, 3.63) is 29.6 Å². The lowest BCUT2D eigenvalue weighted by Gasteiger charge is -2.43. The predicted molar refractivity (Wildman–Crippen MR) is 126 cm³/mol. The van der Waals surface area contributed by atoms with E-state index in [1.165, 1.54) is 9.87 Å². The molecule has 2 aliphatic rings. The van der Waals surface area contributed by atoms with Gasteiger partial charge in [0.05, 0.1) is 6.61 Å². The number of piperidine rings is 2. The van der Waals surface area contributed by atoms with Crippen LogP contribution in [0.15, 0.2) is 18.3 Å².